The number of aromatic nitrogens is 2. The van der Waals surface area contributed by atoms with Gasteiger partial charge in [0.05, 0.1) is 11.9 Å². The normalized spacial score (nSPS) is 11.6. The highest BCUT2D eigenvalue weighted by atomic mass is 15.3. The number of benzene rings is 1. The summed E-state index contributed by atoms with van der Waals surface area (Å²) in [4.78, 5) is 0. The Balaban J connectivity index is 2.39. The fraction of sp³-hybridized carbons (Fsp3) is 0.471. The zero-order chi connectivity index (χ0) is 14.6. The highest BCUT2D eigenvalue weighted by Crippen LogP contribution is 2.31. The zero-order valence-corrected chi connectivity index (χ0v) is 13.0. The summed E-state index contributed by atoms with van der Waals surface area (Å²) in [6.07, 6.45) is 4.35. The fourth-order valence-electron chi connectivity index (χ4n) is 2.22. The van der Waals surface area contributed by atoms with Gasteiger partial charge in [-0.3, -0.25) is 0 Å². The molecular weight excluding hydrogens is 246 g/mol. The minimum absolute atomic E-state index is 0.0849. The lowest BCUT2D eigenvalue weighted by atomic mass is 9.89. The van der Waals surface area contributed by atoms with Crippen LogP contribution in [0.5, 0.6) is 0 Å². The Morgan fingerprint density at radius 3 is 2.45 bits per heavy atom. The average Bonchev–Trinajstić information content (AvgIpc) is 2.84. The lowest BCUT2D eigenvalue weighted by Crippen LogP contribution is -2.16. The molecule has 0 aliphatic carbocycles. The Kier molecular flexibility index (Phi) is 4.48. The van der Waals surface area contributed by atoms with Crippen LogP contribution in [-0.2, 0) is 5.41 Å². The molecule has 0 radical (unpaired) electrons. The van der Waals surface area contributed by atoms with E-state index >= 15 is 0 Å². The summed E-state index contributed by atoms with van der Waals surface area (Å²) in [6.45, 7) is 9.87. The van der Waals surface area contributed by atoms with Crippen molar-refractivity contribution in [3.05, 3.63) is 42.1 Å². The van der Waals surface area contributed by atoms with Gasteiger partial charge in [-0.2, -0.15) is 5.10 Å². The van der Waals surface area contributed by atoms with Gasteiger partial charge in [0.25, 0.3) is 0 Å². The minimum atomic E-state index is 0.0849. The van der Waals surface area contributed by atoms with Crippen LogP contribution in [-0.4, -0.2) is 16.3 Å². The van der Waals surface area contributed by atoms with Gasteiger partial charge in [-0.05, 0) is 24.0 Å². The second kappa shape index (κ2) is 6.12. The zero-order valence-electron chi connectivity index (χ0n) is 13.0. The van der Waals surface area contributed by atoms with Crippen molar-refractivity contribution >= 4 is 5.82 Å². The van der Waals surface area contributed by atoms with Gasteiger partial charge in [-0.1, -0.05) is 52.3 Å². The molecule has 0 aliphatic heterocycles. The SMILES string of the molecule is CCCCNc1c(C(C)(C)C)cnn1-c1ccccc1. The molecule has 20 heavy (non-hydrogen) atoms. The van der Waals surface area contributed by atoms with Crippen LogP contribution in [0.1, 0.15) is 46.1 Å². The van der Waals surface area contributed by atoms with Gasteiger partial charge in [-0.25, -0.2) is 4.68 Å². The van der Waals surface area contributed by atoms with Crippen molar-refractivity contribution in [2.24, 2.45) is 0 Å². The Morgan fingerprint density at radius 1 is 1.15 bits per heavy atom. The second-order valence-corrected chi connectivity index (χ2v) is 6.18. The largest absolute Gasteiger partial charge is 0.370 e. The molecule has 1 aromatic heterocycles. The molecule has 108 valence electrons. The third kappa shape index (κ3) is 3.21. The van der Waals surface area contributed by atoms with E-state index in [1.807, 2.05) is 29.1 Å². The van der Waals surface area contributed by atoms with Gasteiger partial charge in [-0.15, -0.1) is 0 Å². The Morgan fingerprint density at radius 2 is 1.85 bits per heavy atom. The number of anilines is 1. The van der Waals surface area contributed by atoms with E-state index in [0.29, 0.717) is 0 Å². The van der Waals surface area contributed by atoms with E-state index in [1.54, 1.807) is 0 Å². The number of rotatable bonds is 5. The monoisotopic (exact) mass is 271 g/mol. The average molecular weight is 271 g/mol. The number of para-hydroxylation sites is 1. The molecule has 0 unspecified atom stereocenters. The van der Waals surface area contributed by atoms with E-state index in [0.717, 1.165) is 18.1 Å². The van der Waals surface area contributed by atoms with Crippen molar-refractivity contribution in [2.75, 3.05) is 11.9 Å². The number of hydrogen-bond donors (Lipinski definition) is 1. The lowest BCUT2D eigenvalue weighted by molar-refractivity contribution is 0.591. The molecule has 1 aromatic carbocycles. The third-order valence-electron chi connectivity index (χ3n) is 3.40. The van der Waals surface area contributed by atoms with Gasteiger partial charge >= 0.3 is 0 Å². The maximum absolute atomic E-state index is 4.59. The van der Waals surface area contributed by atoms with Crippen LogP contribution in [0.4, 0.5) is 5.82 Å². The summed E-state index contributed by atoms with van der Waals surface area (Å²) in [5, 5.41) is 8.15. The first kappa shape index (κ1) is 14.6. The molecule has 0 amide bonds. The molecule has 0 saturated carbocycles. The van der Waals surface area contributed by atoms with E-state index < -0.39 is 0 Å². The molecule has 3 heteroatoms. The van der Waals surface area contributed by atoms with Crippen LogP contribution in [0.15, 0.2) is 36.5 Å². The molecule has 0 aliphatic rings. The van der Waals surface area contributed by atoms with Crippen molar-refractivity contribution in [1.29, 1.82) is 0 Å². The van der Waals surface area contributed by atoms with Gasteiger partial charge < -0.3 is 5.32 Å². The van der Waals surface area contributed by atoms with Crippen LogP contribution >= 0.6 is 0 Å². The summed E-state index contributed by atoms with van der Waals surface area (Å²) in [6, 6.07) is 10.3. The van der Waals surface area contributed by atoms with Crippen LogP contribution < -0.4 is 5.32 Å². The van der Waals surface area contributed by atoms with E-state index in [1.165, 1.54) is 18.4 Å². The summed E-state index contributed by atoms with van der Waals surface area (Å²) in [7, 11) is 0. The first-order valence-electron chi connectivity index (χ1n) is 7.42. The Bertz CT molecular complexity index is 535. The topological polar surface area (TPSA) is 29.9 Å². The minimum Gasteiger partial charge on any atom is -0.370 e. The predicted octanol–water partition coefficient (Wildman–Crippen LogP) is 4.38. The third-order valence-corrected chi connectivity index (χ3v) is 3.40. The molecule has 2 rings (SSSR count). The highest BCUT2D eigenvalue weighted by molar-refractivity contribution is 5.53. The standard InChI is InChI=1S/C17H25N3/c1-5-6-12-18-16-15(17(2,3)4)13-19-20(16)14-10-8-7-9-11-14/h7-11,13,18H,5-6,12H2,1-4H3. The highest BCUT2D eigenvalue weighted by Gasteiger charge is 2.22. The summed E-state index contributed by atoms with van der Waals surface area (Å²) >= 11 is 0. The molecule has 0 bridgehead atoms. The Hall–Kier alpha value is -1.77. The number of nitrogens with one attached hydrogen (secondary N) is 1. The van der Waals surface area contributed by atoms with Gasteiger partial charge in [0, 0.05) is 12.1 Å². The van der Waals surface area contributed by atoms with Crippen molar-refractivity contribution in [3.63, 3.8) is 0 Å². The summed E-state index contributed by atoms with van der Waals surface area (Å²) < 4.78 is 2.01. The van der Waals surface area contributed by atoms with Gasteiger partial charge in [0.2, 0.25) is 0 Å². The molecule has 0 fully saturated rings. The first-order chi connectivity index (χ1) is 9.54. The van der Waals surface area contributed by atoms with Crippen molar-refractivity contribution in [3.8, 4) is 5.69 Å². The van der Waals surface area contributed by atoms with E-state index in [-0.39, 0.29) is 5.41 Å². The van der Waals surface area contributed by atoms with Crippen molar-refractivity contribution < 1.29 is 0 Å². The molecule has 0 atom stereocenters. The predicted molar refractivity (Wildman–Crippen MR) is 85.7 cm³/mol. The maximum Gasteiger partial charge on any atom is 0.133 e. The van der Waals surface area contributed by atoms with Gasteiger partial charge in [0.15, 0.2) is 0 Å². The van der Waals surface area contributed by atoms with Crippen LogP contribution in [0.2, 0.25) is 0 Å². The van der Waals surface area contributed by atoms with Crippen LogP contribution in [0.25, 0.3) is 5.69 Å². The smallest absolute Gasteiger partial charge is 0.133 e. The molecule has 1 N–H and O–H groups in total. The van der Waals surface area contributed by atoms with E-state index in [9.17, 15) is 0 Å². The molecule has 0 spiro atoms. The second-order valence-electron chi connectivity index (χ2n) is 6.18. The van der Waals surface area contributed by atoms with Crippen LogP contribution in [0, 0.1) is 0 Å². The number of nitrogens with zero attached hydrogens (tertiary/aromatic N) is 2. The molecular formula is C17H25N3. The van der Waals surface area contributed by atoms with Crippen molar-refractivity contribution in [1.82, 2.24) is 9.78 Å². The summed E-state index contributed by atoms with van der Waals surface area (Å²) in [5.41, 5.74) is 2.45. The van der Waals surface area contributed by atoms with Gasteiger partial charge in [0.1, 0.15) is 5.82 Å². The quantitative estimate of drug-likeness (QED) is 0.818. The molecule has 2 aromatic rings. The number of hydrogen-bond acceptors (Lipinski definition) is 2. The first-order valence-corrected chi connectivity index (χ1v) is 7.42. The summed E-state index contributed by atoms with van der Waals surface area (Å²) in [5.74, 6) is 1.12. The molecule has 0 saturated heterocycles. The molecule has 3 nitrogen and oxygen atoms in total. The fourth-order valence-corrected chi connectivity index (χ4v) is 2.22. The maximum atomic E-state index is 4.59. The van der Waals surface area contributed by atoms with E-state index in [4.69, 9.17) is 0 Å². The van der Waals surface area contributed by atoms with Crippen LogP contribution in [0.3, 0.4) is 0 Å². The van der Waals surface area contributed by atoms with E-state index in [2.05, 4.69) is 50.2 Å². The Labute approximate surface area is 122 Å². The van der Waals surface area contributed by atoms with Crippen molar-refractivity contribution in [2.45, 2.75) is 46.0 Å². The lowest BCUT2D eigenvalue weighted by Gasteiger charge is -2.20. The molecule has 1 heterocycles. The number of unbranched alkanes of at least 4 members (excludes halogenated alkanes) is 1.